The highest BCUT2D eigenvalue weighted by Crippen LogP contribution is 2.16. The maximum absolute atomic E-state index is 12.2. The molecule has 1 saturated heterocycles. The fourth-order valence-electron chi connectivity index (χ4n) is 2.57. The van der Waals surface area contributed by atoms with Gasteiger partial charge in [0.1, 0.15) is 0 Å². The minimum absolute atomic E-state index is 0.0849. The number of hydrogen-bond acceptors (Lipinski definition) is 3. The van der Waals surface area contributed by atoms with Gasteiger partial charge in [-0.1, -0.05) is 20.3 Å². The summed E-state index contributed by atoms with van der Waals surface area (Å²) in [4.78, 5) is 14.0. The van der Waals surface area contributed by atoms with Crippen LogP contribution in [0.3, 0.4) is 0 Å². The lowest BCUT2D eigenvalue weighted by atomic mass is 10.00. The van der Waals surface area contributed by atoms with Gasteiger partial charge >= 0.3 is 0 Å². The third kappa shape index (κ3) is 5.79. The number of piperidine rings is 1. The van der Waals surface area contributed by atoms with Crippen LogP contribution in [0.5, 0.6) is 0 Å². The normalized spacial score (nSPS) is 20.4. The number of hydrogen-bond donors (Lipinski definition) is 0. The van der Waals surface area contributed by atoms with E-state index in [2.05, 4.69) is 6.92 Å². The van der Waals surface area contributed by atoms with E-state index in [-0.39, 0.29) is 5.91 Å². The molecule has 0 aromatic carbocycles. The van der Waals surface area contributed by atoms with Crippen molar-refractivity contribution in [3.8, 4) is 0 Å². The maximum atomic E-state index is 12.2. The SMILES string of the molecule is CCCCN(CCC(=O)N1CCCC(C)C1)S(C)(=O)=O. The first-order valence-electron chi connectivity index (χ1n) is 7.57. The van der Waals surface area contributed by atoms with Crippen LogP contribution in [0.2, 0.25) is 0 Å². The summed E-state index contributed by atoms with van der Waals surface area (Å²) in [5.41, 5.74) is 0. The third-order valence-electron chi connectivity index (χ3n) is 3.81. The fraction of sp³-hybridized carbons (Fsp3) is 0.929. The second-order valence-corrected chi connectivity index (χ2v) is 7.84. The summed E-state index contributed by atoms with van der Waals surface area (Å²) >= 11 is 0. The lowest BCUT2D eigenvalue weighted by Gasteiger charge is -2.31. The molecule has 0 saturated carbocycles. The zero-order valence-electron chi connectivity index (χ0n) is 13.0. The second kappa shape index (κ2) is 7.98. The van der Waals surface area contributed by atoms with E-state index >= 15 is 0 Å². The molecule has 118 valence electrons. The van der Waals surface area contributed by atoms with Gasteiger partial charge in [0.05, 0.1) is 6.26 Å². The number of carbonyl (C=O) groups excluding carboxylic acids is 1. The quantitative estimate of drug-likeness (QED) is 0.719. The molecular formula is C14H28N2O3S. The third-order valence-corrected chi connectivity index (χ3v) is 5.12. The van der Waals surface area contributed by atoms with Gasteiger partial charge in [0.2, 0.25) is 15.9 Å². The van der Waals surface area contributed by atoms with Crippen molar-refractivity contribution in [2.75, 3.05) is 32.4 Å². The van der Waals surface area contributed by atoms with Gasteiger partial charge < -0.3 is 4.90 Å². The van der Waals surface area contributed by atoms with Crippen LogP contribution in [0, 0.1) is 5.92 Å². The van der Waals surface area contributed by atoms with Crippen molar-refractivity contribution in [3.05, 3.63) is 0 Å². The summed E-state index contributed by atoms with van der Waals surface area (Å²) < 4.78 is 24.8. The van der Waals surface area contributed by atoms with Crippen molar-refractivity contribution in [3.63, 3.8) is 0 Å². The Balaban J connectivity index is 2.47. The average molecular weight is 304 g/mol. The minimum atomic E-state index is -3.21. The molecule has 0 aliphatic carbocycles. The van der Waals surface area contributed by atoms with Crippen molar-refractivity contribution in [2.45, 2.75) is 46.0 Å². The van der Waals surface area contributed by atoms with Gasteiger partial charge in [-0.05, 0) is 25.2 Å². The molecule has 1 fully saturated rings. The standard InChI is InChI=1S/C14H28N2O3S/c1-4-5-10-16(20(3,18)19)11-8-14(17)15-9-6-7-13(2)12-15/h13H,4-12H2,1-3H3. The van der Waals surface area contributed by atoms with Crippen molar-refractivity contribution in [1.29, 1.82) is 0 Å². The van der Waals surface area contributed by atoms with Gasteiger partial charge in [0.15, 0.2) is 0 Å². The highest BCUT2D eigenvalue weighted by molar-refractivity contribution is 7.88. The summed E-state index contributed by atoms with van der Waals surface area (Å²) in [5, 5.41) is 0. The Kier molecular flexibility index (Phi) is 6.95. The van der Waals surface area contributed by atoms with Gasteiger partial charge in [-0.3, -0.25) is 4.79 Å². The van der Waals surface area contributed by atoms with Crippen molar-refractivity contribution in [2.24, 2.45) is 5.92 Å². The average Bonchev–Trinajstić information content (AvgIpc) is 2.37. The van der Waals surface area contributed by atoms with Crippen LogP contribution in [0.1, 0.15) is 46.0 Å². The molecule has 0 bridgehead atoms. The molecule has 1 aliphatic heterocycles. The van der Waals surface area contributed by atoms with Gasteiger partial charge in [-0.2, -0.15) is 0 Å². The van der Waals surface area contributed by atoms with Crippen molar-refractivity contribution < 1.29 is 13.2 Å². The molecule has 0 aromatic rings. The molecule has 0 aromatic heterocycles. The number of carbonyl (C=O) groups is 1. The van der Waals surface area contributed by atoms with Gasteiger partial charge in [0.25, 0.3) is 0 Å². The Morgan fingerprint density at radius 1 is 1.35 bits per heavy atom. The molecule has 1 aliphatic rings. The van der Waals surface area contributed by atoms with E-state index in [0.717, 1.165) is 32.4 Å². The van der Waals surface area contributed by atoms with Crippen LogP contribution >= 0.6 is 0 Å². The molecule has 20 heavy (non-hydrogen) atoms. The summed E-state index contributed by atoms with van der Waals surface area (Å²) in [6.45, 7) is 6.63. The van der Waals surface area contributed by atoms with Crippen LogP contribution in [0.15, 0.2) is 0 Å². The lowest BCUT2D eigenvalue weighted by molar-refractivity contribution is -0.133. The number of unbranched alkanes of at least 4 members (excludes halogenated alkanes) is 1. The van der Waals surface area contributed by atoms with Crippen molar-refractivity contribution >= 4 is 15.9 Å². The van der Waals surface area contributed by atoms with Gasteiger partial charge in [-0.15, -0.1) is 0 Å². The highest BCUT2D eigenvalue weighted by Gasteiger charge is 2.23. The zero-order valence-corrected chi connectivity index (χ0v) is 13.8. The Hall–Kier alpha value is -0.620. The summed E-state index contributed by atoms with van der Waals surface area (Å²) in [6, 6.07) is 0. The monoisotopic (exact) mass is 304 g/mol. The van der Waals surface area contributed by atoms with E-state index < -0.39 is 10.0 Å². The Morgan fingerprint density at radius 2 is 2.05 bits per heavy atom. The Labute approximate surface area is 123 Å². The second-order valence-electron chi connectivity index (χ2n) is 5.85. The highest BCUT2D eigenvalue weighted by atomic mass is 32.2. The number of amides is 1. The molecule has 0 radical (unpaired) electrons. The van der Waals surface area contributed by atoms with Crippen molar-refractivity contribution in [1.82, 2.24) is 9.21 Å². The smallest absolute Gasteiger partial charge is 0.223 e. The van der Waals surface area contributed by atoms with E-state index in [4.69, 9.17) is 0 Å². The maximum Gasteiger partial charge on any atom is 0.223 e. The molecule has 1 atom stereocenters. The van der Waals surface area contributed by atoms with E-state index in [0.29, 0.717) is 25.4 Å². The van der Waals surface area contributed by atoms with E-state index in [1.807, 2.05) is 11.8 Å². The summed E-state index contributed by atoms with van der Waals surface area (Å²) in [5.74, 6) is 0.639. The van der Waals surface area contributed by atoms with Crippen LogP contribution in [0.4, 0.5) is 0 Å². The molecule has 1 rings (SSSR count). The molecular weight excluding hydrogens is 276 g/mol. The molecule has 6 heteroatoms. The number of rotatable bonds is 7. The molecule has 1 unspecified atom stereocenters. The fourth-order valence-corrected chi connectivity index (χ4v) is 3.46. The van der Waals surface area contributed by atoms with E-state index in [1.165, 1.54) is 17.0 Å². The Morgan fingerprint density at radius 3 is 2.60 bits per heavy atom. The molecule has 0 N–H and O–H groups in total. The largest absolute Gasteiger partial charge is 0.342 e. The first-order chi connectivity index (χ1) is 9.34. The van der Waals surface area contributed by atoms with Crippen LogP contribution in [-0.2, 0) is 14.8 Å². The molecule has 5 nitrogen and oxygen atoms in total. The number of sulfonamides is 1. The van der Waals surface area contributed by atoms with Crippen LogP contribution in [-0.4, -0.2) is 56.0 Å². The van der Waals surface area contributed by atoms with Crippen LogP contribution < -0.4 is 0 Å². The topological polar surface area (TPSA) is 57.7 Å². The predicted molar refractivity (Wildman–Crippen MR) is 80.9 cm³/mol. The summed E-state index contributed by atoms with van der Waals surface area (Å²) in [6.07, 6.45) is 5.53. The van der Waals surface area contributed by atoms with E-state index in [9.17, 15) is 13.2 Å². The van der Waals surface area contributed by atoms with E-state index in [1.54, 1.807) is 0 Å². The molecule has 1 amide bonds. The number of nitrogens with zero attached hydrogens (tertiary/aromatic N) is 2. The van der Waals surface area contributed by atoms with Gasteiger partial charge in [-0.25, -0.2) is 12.7 Å². The molecule has 0 spiro atoms. The zero-order chi connectivity index (χ0) is 15.2. The lowest BCUT2D eigenvalue weighted by Crippen LogP contribution is -2.41. The Bertz CT molecular complexity index is 409. The van der Waals surface area contributed by atoms with Crippen LogP contribution in [0.25, 0.3) is 0 Å². The first-order valence-corrected chi connectivity index (χ1v) is 9.42. The predicted octanol–water partition coefficient (Wildman–Crippen LogP) is 1.70. The first kappa shape index (κ1) is 17.4. The molecule has 1 heterocycles. The summed E-state index contributed by atoms with van der Waals surface area (Å²) in [7, 11) is -3.21. The number of likely N-dealkylation sites (tertiary alicyclic amines) is 1. The minimum Gasteiger partial charge on any atom is -0.342 e. The van der Waals surface area contributed by atoms with Gasteiger partial charge in [0, 0.05) is 32.6 Å².